The number of nitrogens with zero attached hydrogens (tertiary/aromatic N) is 3. The number of nitrogens with two attached hydrogens (primary N) is 1. The van der Waals surface area contributed by atoms with Crippen LogP contribution < -0.4 is 16.4 Å². The minimum absolute atomic E-state index is 0.193. The third-order valence-electron chi connectivity index (χ3n) is 4.43. The van der Waals surface area contributed by atoms with Crippen molar-refractivity contribution < 1.29 is 19.1 Å². The number of amides is 3. The lowest BCUT2D eigenvalue weighted by Gasteiger charge is -2.28. The Morgan fingerprint density at radius 1 is 1.30 bits per heavy atom. The van der Waals surface area contributed by atoms with Gasteiger partial charge in [0, 0.05) is 30.8 Å². The maximum Gasteiger partial charge on any atom is 0.337 e. The Morgan fingerprint density at radius 3 is 2.63 bits per heavy atom. The van der Waals surface area contributed by atoms with E-state index < -0.39 is 17.9 Å². The van der Waals surface area contributed by atoms with Crippen LogP contribution in [0, 0.1) is 5.92 Å². The lowest BCUT2D eigenvalue weighted by molar-refractivity contribution is -0.139. The van der Waals surface area contributed by atoms with Crippen LogP contribution in [-0.4, -0.2) is 51.1 Å². The minimum Gasteiger partial charge on any atom is -0.463 e. The highest BCUT2D eigenvalue weighted by molar-refractivity contribution is 7.99. The highest BCUT2D eigenvalue weighted by Crippen LogP contribution is 2.25. The van der Waals surface area contributed by atoms with E-state index in [0.29, 0.717) is 53.3 Å². The number of aryl methyl sites for hydroxylation is 1. The van der Waals surface area contributed by atoms with E-state index in [1.807, 2.05) is 11.5 Å². The van der Waals surface area contributed by atoms with E-state index >= 15 is 0 Å². The number of hydrogen-bond donors (Lipinski definition) is 3. The van der Waals surface area contributed by atoms with Gasteiger partial charge in [0.25, 0.3) is 0 Å². The first-order chi connectivity index (χ1) is 14.3. The van der Waals surface area contributed by atoms with E-state index in [9.17, 15) is 14.4 Å². The van der Waals surface area contributed by atoms with Crippen molar-refractivity contribution >= 4 is 29.7 Å². The maximum absolute atomic E-state index is 12.5. The number of esters is 1. The molecule has 0 saturated heterocycles. The van der Waals surface area contributed by atoms with Crippen LogP contribution in [0.1, 0.15) is 46.4 Å². The summed E-state index contributed by atoms with van der Waals surface area (Å²) < 4.78 is 7.15. The van der Waals surface area contributed by atoms with Crippen molar-refractivity contribution in [3.05, 3.63) is 17.1 Å². The maximum atomic E-state index is 12.5. The van der Waals surface area contributed by atoms with Gasteiger partial charge in [0.2, 0.25) is 5.91 Å². The van der Waals surface area contributed by atoms with Crippen LogP contribution in [0.5, 0.6) is 0 Å². The summed E-state index contributed by atoms with van der Waals surface area (Å²) in [5.41, 5.74) is 6.20. The number of hydrogen-bond acceptors (Lipinski definition) is 7. The molecule has 1 aliphatic rings. The first-order valence-corrected chi connectivity index (χ1v) is 11.1. The second kappa shape index (κ2) is 11.0. The molecule has 0 aliphatic carbocycles. The van der Waals surface area contributed by atoms with Gasteiger partial charge in [0.1, 0.15) is 5.82 Å². The normalized spacial score (nSPS) is 16.4. The number of primary amides is 1. The van der Waals surface area contributed by atoms with Crippen LogP contribution in [0.4, 0.5) is 4.79 Å². The standard InChI is InChI=1S/C19H30N6O4S/c1-5-12-16(17(27)29-6-2)13(22-18(28)21-12)10-30-19-24-23-15(8-7-14(20)26)25(19)9-11(3)4/h11-12H,5-10H2,1-4H3,(H2,20,26)(H2,21,22,28)/t12-/m0/s1. The predicted octanol–water partition coefficient (Wildman–Crippen LogP) is 1.35. The Morgan fingerprint density at radius 2 is 2.03 bits per heavy atom. The molecule has 0 spiro atoms. The molecule has 30 heavy (non-hydrogen) atoms. The van der Waals surface area contributed by atoms with Gasteiger partial charge in [0.15, 0.2) is 5.16 Å². The van der Waals surface area contributed by atoms with Crippen LogP contribution in [-0.2, 0) is 27.3 Å². The van der Waals surface area contributed by atoms with Crippen molar-refractivity contribution in [2.24, 2.45) is 11.7 Å². The zero-order valence-electron chi connectivity index (χ0n) is 17.9. The molecule has 0 fully saturated rings. The Labute approximate surface area is 180 Å². The highest BCUT2D eigenvalue weighted by Gasteiger charge is 2.31. The third kappa shape index (κ3) is 6.22. The molecule has 166 valence electrons. The molecule has 11 heteroatoms. The first kappa shape index (κ1) is 23.7. The number of nitrogens with one attached hydrogen (secondary N) is 2. The largest absolute Gasteiger partial charge is 0.463 e. The molecule has 2 heterocycles. The van der Waals surface area contributed by atoms with Crippen molar-refractivity contribution in [3.8, 4) is 0 Å². The van der Waals surface area contributed by atoms with Crippen LogP contribution in [0.2, 0.25) is 0 Å². The van der Waals surface area contributed by atoms with Crippen molar-refractivity contribution in [2.75, 3.05) is 12.4 Å². The van der Waals surface area contributed by atoms with Gasteiger partial charge < -0.3 is 25.7 Å². The van der Waals surface area contributed by atoms with Crippen molar-refractivity contribution in [1.29, 1.82) is 0 Å². The molecule has 1 atom stereocenters. The molecule has 0 aromatic carbocycles. The van der Waals surface area contributed by atoms with Gasteiger partial charge in [-0.2, -0.15) is 0 Å². The number of carbonyl (C=O) groups is 3. The van der Waals surface area contributed by atoms with Gasteiger partial charge in [-0.05, 0) is 19.3 Å². The summed E-state index contributed by atoms with van der Waals surface area (Å²) in [6, 6.07) is -0.760. The summed E-state index contributed by atoms with van der Waals surface area (Å²) in [6.07, 6.45) is 1.17. The van der Waals surface area contributed by atoms with Crippen LogP contribution in [0.15, 0.2) is 16.4 Å². The third-order valence-corrected chi connectivity index (χ3v) is 5.42. The Balaban J connectivity index is 2.28. The first-order valence-electron chi connectivity index (χ1n) is 10.1. The second-order valence-corrected chi connectivity index (χ2v) is 8.27. The van der Waals surface area contributed by atoms with E-state index in [1.165, 1.54) is 11.8 Å². The predicted molar refractivity (Wildman–Crippen MR) is 113 cm³/mol. The molecule has 2 rings (SSSR count). The molecule has 0 radical (unpaired) electrons. The SMILES string of the molecule is CCOC(=O)C1=C(CSc2nnc(CCC(N)=O)n2CC(C)C)NC(=O)N[C@H]1CC. The molecule has 0 saturated carbocycles. The molecule has 1 aliphatic heterocycles. The highest BCUT2D eigenvalue weighted by atomic mass is 32.2. The Hall–Kier alpha value is -2.56. The molecule has 3 amide bonds. The summed E-state index contributed by atoms with van der Waals surface area (Å²) >= 11 is 1.37. The summed E-state index contributed by atoms with van der Waals surface area (Å²) in [5.74, 6) is 0.508. The molecule has 1 aromatic rings. The quantitative estimate of drug-likeness (QED) is 0.350. The average molecular weight is 439 g/mol. The van der Waals surface area contributed by atoms with E-state index in [0.717, 1.165) is 0 Å². The number of aromatic nitrogens is 3. The Bertz CT molecular complexity index is 820. The van der Waals surface area contributed by atoms with Gasteiger partial charge >= 0.3 is 12.0 Å². The van der Waals surface area contributed by atoms with E-state index in [-0.39, 0.29) is 19.1 Å². The second-order valence-electron chi connectivity index (χ2n) is 7.33. The van der Waals surface area contributed by atoms with E-state index in [4.69, 9.17) is 10.5 Å². The van der Waals surface area contributed by atoms with Gasteiger partial charge in [-0.1, -0.05) is 32.5 Å². The summed E-state index contributed by atoms with van der Waals surface area (Å²) in [6.45, 7) is 8.71. The van der Waals surface area contributed by atoms with E-state index in [1.54, 1.807) is 6.92 Å². The van der Waals surface area contributed by atoms with E-state index in [2.05, 4.69) is 34.7 Å². The minimum atomic E-state index is -0.446. The molecular weight excluding hydrogens is 408 g/mol. The Kier molecular flexibility index (Phi) is 8.70. The lowest BCUT2D eigenvalue weighted by Crippen LogP contribution is -2.50. The molecule has 0 unspecified atom stereocenters. The molecular formula is C19H30N6O4S. The summed E-state index contributed by atoms with van der Waals surface area (Å²) in [7, 11) is 0. The molecule has 0 bridgehead atoms. The van der Waals surface area contributed by atoms with Crippen molar-refractivity contribution in [1.82, 2.24) is 25.4 Å². The van der Waals surface area contributed by atoms with Gasteiger partial charge in [-0.15, -0.1) is 10.2 Å². The lowest BCUT2D eigenvalue weighted by atomic mass is 10.0. The average Bonchev–Trinajstić information content (AvgIpc) is 3.05. The zero-order valence-corrected chi connectivity index (χ0v) is 18.7. The number of thioether (sulfide) groups is 1. The van der Waals surface area contributed by atoms with Crippen LogP contribution in [0.25, 0.3) is 0 Å². The summed E-state index contributed by atoms with van der Waals surface area (Å²) in [4.78, 5) is 35.7. The van der Waals surface area contributed by atoms with Crippen molar-refractivity contribution in [3.63, 3.8) is 0 Å². The van der Waals surface area contributed by atoms with Crippen LogP contribution >= 0.6 is 11.8 Å². The number of urea groups is 1. The molecule has 10 nitrogen and oxygen atoms in total. The fraction of sp³-hybridized carbons (Fsp3) is 0.632. The fourth-order valence-corrected chi connectivity index (χ4v) is 4.04. The van der Waals surface area contributed by atoms with Crippen molar-refractivity contribution in [2.45, 2.75) is 64.7 Å². The topological polar surface area (TPSA) is 141 Å². The summed E-state index contributed by atoms with van der Waals surface area (Å²) in [5, 5.41) is 14.6. The van der Waals surface area contributed by atoms with Gasteiger partial charge in [0.05, 0.1) is 18.2 Å². The van der Waals surface area contributed by atoms with Crippen LogP contribution in [0.3, 0.4) is 0 Å². The number of ether oxygens (including phenoxy) is 1. The molecule has 1 aromatic heterocycles. The smallest absolute Gasteiger partial charge is 0.337 e. The number of carbonyl (C=O) groups excluding carboxylic acids is 3. The fourth-order valence-electron chi connectivity index (χ4n) is 3.11. The zero-order chi connectivity index (χ0) is 22.3. The van der Waals surface area contributed by atoms with Gasteiger partial charge in [-0.3, -0.25) is 4.79 Å². The number of rotatable bonds is 11. The monoisotopic (exact) mass is 438 g/mol. The van der Waals surface area contributed by atoms with Gasteiger partial charge in [-0.25, -0.2) is 9.59 Å². The molecule has 4 N–H and O–H groups in total.